The van der Waals surface area contributed by atoms with Crippen LogP contribution < -0.4 is 9.62 Å². The maximum absolute atomic E-state index is 14.1. The molecule has 44 heavy (non-hydrogen) atoms. The maximum Gasteiger partial charge on any atom is 0.416 e. The predicted octanol–water partition coefficient (Wildman–Crippen LogP) is 7.18. The zero-order valence-electron chi connectivity index (χ0n) is 23.9. The lowest BCUT2D eigenvalue weighted by atomic mass is 9.95. The first-order chi connectivity index (χ1) is 20.8. The number of nitrogens with zero attached hydrogens (tertiary/aromatic N) is 2. The summed E-state index contributed by atoms with van der Waals surface area (Å²) in [7, 11) is -4.59. The van der Waals surface area contributed by atoms with Crippen LogP contribution >= 0.6 is 27.5 Å². The van der Waals surface area contributed by atoms with Gasteiger partial charge in [-0.05, 0) is 67.8 Å². The Morgan fingerprint density at radius 2 is 1.68 bits per heavy atom. The number of carbonyl (C=O) groups excluding carboxylic acids is 2. The van der Waals surface area contributed by atoms with Crippen LogP contribution in [0.2, 0.25) is 5.02 Å². The first-order valence-electron chi connectivity index (χ1n) is 14.1. The Morgan fingerprint density at radius 3 is 2.32 bits per heavy atom. The molecule has 0 heterocycles. The van der Waals surface area contributed by atoms with Crippen LogP contribution in [-0.4, -0.2) is 43.8 Å². The number of sulfonamides is 1. The molecule has 0 bridgehead atoms. The van der Waals surface area contributed by atoms with Crippen molar-refractivity contribution in [3.63, 3.8) is 0 Å². The highest BCUT2D eigenvalue weighted by atomic mass is 79.9. The molecule has 1 fully saturated rings. The van der Waals surface area contributed by atoms with Crippen LogP contribution in [0.1, 0.15) is 50.2 Å². The van der Waals surface area contributed by atoms with Crippen molar-refractivity contribution in [2.75, 3.05) is 10.8 Å². The van der Waals surface area contributed by atoms with Gasteiger partial charge >= 0.3 is 6.18 Å². The van der Waals surface area contributed by atoms with Crippen LogP contribution in [-0.2, 0) is 32.3 Å². The van der Waals surface area contributed by atoms with Gasteiger partial charge in [-0.3, -0.25) is 13.9 Å². The van der Waals surface area contributed by atoms with Gasteiger partial charge in [0.15, 0.2) is 0 Å². The number of hydrogen-bond donors (Lipinski definition) is 1. The molecule has 0 aromatic heterocycles. The highest BCUT2D eigenvalue weighted by Crippen LogP contribution is 2.37. The number of rotatable bonds is 10. The Bertz CT molecular complexity index is 1590. The molecule has 0 radical (unpaired) electrons. The van der Waals surface area contributed by atoms with Gasteiger partial charge in [-0.2, -0.15) is 13.2 Å². The Hall–Kier alpha value is -3.09. The van der Waals surface area contributed by atoms with E-state index in [4.69, 9.17) is 11.6 Å². The molecule has 0 aliphatic heterocycles. The molecule has 1 aliphatic carbocycles. The van der Waals surface area contributed by atoms with Crippen molar-refractivity contribution in [2.45, 2.75) is 68.7 Å². The lowest BCUT2D eigenvalue weighted by Crippen LogP contribution is -2.53. The Morgan fingerprint density at radius 1 is 1.00 bits per heavy atom. The molecule has 2 amide bonds. The molecule has 1 atom stereocenters. The molecule has 0 spiro atoms. The average molecular weight is 715 g/mol. The van der Waals surface area contributed by atoms with E-state index in [2.05, 4.69) is 21.2 Å². The van der Waals surface area contributed by atoms with E-state index in [9.17, 15) is 31.2 Å². The smallest absolute Gasteiger partial charge is 0.352 e. The summed E-state index contributed by atoms with van der Waals surface area (Å²) in [5, 5.41) is 2.71. The van der Waals surface area contributed by atoms with E-state index in [-0.39, 0.29) is 22.5 Å². The molecular formula is C31H32BrClF3N3O4S. The van der Waals surface area contributed by atoms with Crippen LogP contribution in [0.25, 0.3) is 0 Å². The van der Waals surface area contributed by atoms with Crippen LogP contribution in [0, 0.1) is 0 Å². The van der Waals surface area contributed by atoms with Crippen LogP contribution in [0.3, 0.4) is 0 Å². The molecule has 1 N–H and O–H groups in total. The number of nitrogens with one attached hydrogen (secondary N) is 1. The number of carbonyl (C=O) groups is 2. The number of halogens is 5. The van der Waals surface area contributed by atoms with Gasteiger partial charge in [-0.1, -0.05) is 77.1 Å². The van der Waals surface area contributed by atoms with Crippen LogP contribution in [0.5, 0.6) is 0 Å². The van der Waals surface area contributed by atoms with Gasteiger partial charge in [0.2, 0.25) is 11.8 Å². The normalized spacial score (nSPS) is 15.0. The van der Waals surface area contributed by atoms with Crippen molar-refractivity contribution in [3.05, 3.63) is 93.4 Å². The van der Waals surface area contributed by atoms with Crippen molar-refractivity contribution >= 4 is 55.1 Å². The molecule has 1 aliphatic rings. The highest BCUT2D eigenvalue weighted by molar-refractivity contribution is 9.10. The largest absolute Gasteiger partial charge is 0.416 e. The van der Waals surface area contributed by atoms with Crippen LogP contribution in [0.4, 0.5) is 18.9 Å². The summed E-state index contributed by atoms with van der Waals surface area (Å²) in [6.45, 7) is 0.571. The molecule has 3 aromatic rings. The second kappa shape index (κ2) is 14.3. The monoisotopic (exact) mass is 713 g/mol. The van der Waals surface area contributed by atoms with E-state index in [0.29, 0.717) is 15.9 Å². The number of benzene rings is 3. The number of hydrogen-bond acceptors (Lipinski definition) is 4. The van der Waals surface area contributed by atoms with Gasteiger partial charge in [0.1, 0.15) is 12.6 Å². The summed E-state index contributed by atoms with van der Waals surface area (Å²) in [5.41, 5.74) is -0.996. The number of alkyl halides is 3. The fraction of sp³-hybridized carbons (Fsp3) is 0.355. The molecule has 7 nitrogen and oxygen atoms in total. The summed E-state index contributed by atoms with van der Waals surface area (Å²) in [6, 6.07) is 15.3. The van der Waals surface area contributed by atoms with Crippen molar-refractivity contribution in [3.8, 4) is 0 Å². The third kappa shape index (κ3) is 8.33. The zero-order valence-corrected chi connectivity index (χ0v) is 27.0. The minimum Gasteiger partial charge on any atom is -0.352 e. The molecule has 0 saturated heterocycles. The number of anilines is 1. The fourth-order valence-corrected chi connectivity index (χ4v) is 7.26. The summed E-state index contributed by atoms with van der Waals surface area (Å²) in [6.07, 6.45) is -0.137. The standard InChI is InChI=1S/C31H32BrClF3N3O4S/c1-21(30(41)37-25-11-4-2-5-12-25)38(19-22-9-8-10-24(32)17-22)29(40)20-39(44(42,43)26-13-6-3-7-14-26)28-18-23(31(34,35)36)15-16-27(28)33/h3,6-10,13-18,21,25H,2,4-5,11-12,19-20H2,1H3,(H,37,41). The topological polar surface area (TPSA) is 86.8 Å². The van der Waals surface area contributed by atoms with E-state index in [0.717, 1.165) is 48.7 Å². The summed E-state index contributed by atoms with van der Waals surface area (Å²) in [5.74, 6) is -1.21. The minimum atomic E-state index is -4.80. The fourth-order valence-electron chi connectivity index (χ4n) is 5.10. The SMILES string of the molecule is CC(C(=O)NC1CCCCC1)N(Cc1cccc(Br)c1)C(=O)CN(c1cc(C(F)(F)F)ccc1Cl)S(=O)(=O)c1ccccc1. The van der Waals surface area contributed by atoms with Gasteiger partial charge in [0.25, 0.3) is 10.0 Å². The van der Waals surface area contributed by atoms with E-state index in [1.54, 1.807) is 37.3 Å². The number of amides is 2. The third-order valence-electron chi connectivity index (χ3n) is 7.51. The molecule has 3 aromatic carbocycles. The lowest BCUT2D eigenvalue weighted by Gasteiger charge is -2.33. The van der Waals surface area contributed by atoms with Crippen LogP contribution in [0.15, 0.2) is 82.2 Å². The first kappa shape index (κ1) is 33.8. The van der Waals surface area contributed by atoms with Crippen molar-refractivity contribution < 1.29 is 31.2 Å². The molecule has 4 rings (SSSR count). The first-order valence-corrected chi connectivity index (χ1v) is 16.7. The molecule has 236 valence electrons. The van der Waals surface area contributed by atoms with Gasteiger partial charge in [-0.25, -0.2) is 8.42 Å². The van der Waals surface area contributed by atoms with E-state index < -0.39 is 51.9 Å². The molecule has 1 saturated carbocycles. The van der Waals surface area contributed by atoms with Crippen molar-refractivity contribution in [2.24, 2.45) is 0 Å². The van der Waals surface area contributed by atoms with Gasteiger partial charge in [-0.15, -0.1) is 0 Å². The lowest BCUT2D eigenvalue weighted by molar-refractivity contribution is -0.139. The maximum atomic E-state index is 14.1. The highest BCUT2D eigenvalue weighted by Gasteiger charge is 2.36. The van der Waals surface area contributed by atoms with Gasteiger partial charge in [0.05, 0.1) is 21.2 Å². The minimum absolute atomic E-state index is 0.0413. The average Bonchev–Trinajstić information content (AvgIpc) is 2.99. The second-order valence-electron chi connectivity index (χ2n) is 10.7. The summed E-state index contributed by atoms with van der Waals surface area (Å²) < 4.78 is 70.2. The summed E-state index contributed by atoms with van der Waals surface area (Å²) in [4.78, 5) is 28.5. The second-order valence-corrected chi connectivity index (χ2v) is 13.8. The third-order valence-corrected chi connectivity index (χ3v) is 10.1. The summed E-state index contributed by atoms with van der Waals surface area (Å²) >= 11 is 9.70. The predicted molar refractivity (Wildman–Crippen MR) is 167 cm³/mol. The van der Waals surface area contributed by atoms with Gasteiger partial charge in [0, 0.05) is 17.1 Å². The quantitative estimate of drug-likeness (QED) is 0.241. The van der Waals surface area contributed by atoms with E-state index in [1.165, 1.54) is 29.2 Å². The molecule has 1 unspecified atom stereocenters. The van der Waals surface area contributed by atoms with Crippen molar-refractivity contribution in [1.82, 2.24) is 10.2 Å². The Labute approximate surface area is 268 Å². The molecular weight excluding hydrogens is 683 g/mol. The van der Waals surface area contributed by atoms with E-state index >= 15 is 0 Å². The van der Waals surface area contributed by atoms with Crippen molar-refractivity contribution in [1.29, 1.82) is 0 Å². The Kier molecular flexibility index (Phi) is 11.0. The Balaban J connectivity index is 1.75. The zero-order chi connectivity index (χ0) is 32.1. The van der Waals surface area contributed by atoms with E-state index in [1.807, 2.05) is 0 Å². The molecule has 13 heteroatoms. The van der Waals surface area contributed by atoms with Gasteiger partial charge < -0.3 is 10.2 Å².